The maximum atomic E-state index is 12.7. The fourth-order valence-electron chi connectivity index (χ4n) is 3.94. The third-order valence-corrected chi connectivity index (χ3v) is 7.24. The molecule has 1 N–H and O–H groups in total. The molecule has 2 saturated carbocycles. The van der Waals surface area contributed by atoms with Crippen molar-refractivity contribution < 1.29 is 14.7 Å². The number of carbonyl (C=O) groups is 2. The predicted molar refractivity (Wildman–Crippen MR) is 80.5 cm³/mol. The molecule has 1 aromatic heterocycles. The molecule has 2 bridgehead atoms. The summed E-state index contributed by atoms with van der Waals surface area (Å²) in [5.41, 5.74) is 0.0616. The maximum Gasteiger partial charge on any atom is 0.338 e. The van der Waals surface area contributed by atoms with E-state index in [2.05, 4.69) is 25.8 Å². The molecule has 4 nitrogen and oxygen atoms in total. The van der Waals surface area contributed by atoms with Gasteiger partial charge in [0.15, 0.2) is 0 Å². The van der Waals surface area contributed by atoms with Gasteiger partial charge >= 0.3 is 5.97 Å². The maximum absolute atomic E-state index is 12.7. The van der Waals surface area contributed by atoms with E-state index in [9.17, 15) is 14.7 Å². The summed E-state index contributed by atoms with van der Waals surface area (Å²) in [6.45, 7) is 6.50. The summed E-state index contributed by atoms with van der Waals surface area (Å²) in [5, 5.41) is 9.52. The molecule has 1 aromatic rings. The lowest BCUT2D eigenvalue weighted by atomic mass is 9.71. The first-order valence-corrected chi connectivity index (χ1v) is 8.05. The molecule has 112 valence electrons. The van der Waals surface area contributed by atoms with Crippen LogP contribution in [0.2, 0.25) is 0 Å². The minimum atomic E-state index is -0.995. The second kappa shape index (κ2) is 4.57. The molecule has 2 fully saturated rings. The molecule has 2 aliphatic carbocycles. The Labute approximate surface area is 128 Å². The number of aromatic nitrogens is 1. The number of aromatic carboxylic acids is 1. The normalized spacial score (nSPS) is 33.4. The van der Waals surface area contributed by atoms with E-state index in [0.29, 0.717) is 5.03 Å². The van der Waals surface area contributed by atoms with Crippen molar-refractivity contribution in [1.82, 2.24) is 4.98 Å². The van der Waals surface area contributed by atoms with Crippen LogP contribution >= 0.6 is 11.8 Å². The van der Waals surface area contributed by atoms with Crippen molar-refractivity contribution in [1.29, 1.82) is 0 Å². The third-order valence-electron chi connectivity index (χ3n) is 5.71. The smallest absolute Gasteiger partial charge is 0.338 e. The number of Topliss-reactive ketones (excluding diaryl/α,β-unsaturated/α-hetero) is 1. The van der Waals surface area contributed by atoms with Crippen LogP contribution in [0.4, 0.5) is 0 Å². The molecule has 0 saturated heterocycles. The Hall–Kier alpha value is -1.36. The average Bonchev–Trinajstić information content (AvgIpc) is 2.73. The zero-order valence-electron chi connectivity index (χ0n) is 12.4. The Morgan fingerprint density at radius 2 is 2.14 bits per heavy atom. The van der Waals surface area contributed by atoms with Gasteiger partial charge in [0, 0.05) is 12.1 Å². The number of thioether (sulfide) groups is 1. The second-order valence-electron chi connectivity index (χ2n) is 6.79. The van der Waals surface area contributed by atoms with Crippen LogP contribution in [0, 0.1) is 16.7 Å². The van der Waals surface area contributed by atoms with Crippen LogP contribution in [0.5, 0.6) is 0 Å². The molecule has 0 radical (unpaired) electrons. The number of fused-ring (bicyclic) bond motifs is 2. The van der Waals surface area contributed by atoms with Gasteiger partial charge in [-0.3, -0.25) is 4.79 Å². The largest absolute Gasteiger partial charge is 0.478 e. The van der Waals surface area contributed by atoms with E-state index < -0.39 is 5.97 Å². The number of carbonyl (C=O) groups excluding carboxylic acids is 1. The number of pyridine rings is 1. The summed E-state index contributed by atoms with van der Waals surface area (Å²) in [6.07, 6.45) is 3.55. The minimum Gasteiger partial charge on any atom is -0.478 e. The molecule has 0 spiro atoms. The molecule has 0 amide bonds. The molecule has 0 aromatic carbocycles. The Kier molecular flexibility index (Phi) is 3.17. The Morgan fingerprint density at radius 1 is 1.43 bits per heavy atom. The summed E-state index contributed by atoms with van der Waals surface area (Å²) in [5.74, 6) is -0.636. The summed E-state index contributed by atoms with van der Waals surface area (Å²) >= 11 is 1.34. The van der Waals surface area contributed by atoms with Gasteiger partial charge in [-0.25, -0.2) is 9.78 Å². The molecular formula is C16H19NO3S. The van der Waals surface area contributed by atoms with Crippen LogP contribution in [0.15, 0.2) is 23.4 Å². The number of carboxylic acids is 1. The van der Waals surface area contributed by atoms with Crippen molar-refractivity contribution in [2.75, 3.05) is 0 Å². The van der Waals surface area contributed by atoms with Crippen LogP contribution in [-0.2, 0) is 4.79 Å². The molecule has 21 heavy (non-hydrogen) atoms. The molecule has 2 aliphatic rings. The lowest BCUT2D eigenvalue weighted by molar-refractivity contribution is -0.122. The van der Waals surface area contributed by atoms with Crippen molar-refractivity contribution in [3.8, 4) is 0 Å². The highest BCUT2D eigenvalue weighted by Crippen LogP contribution is 2.67. The number of ketones is 1. The Morgan fingerprint density at radius 3 is 2.71 bits per heavy atom. The molecule has 0 aliphatic heterocycles. The van der Waals surface area contributed by atoms with E-state index in [1.807, 2.05) is 0 Å². The lowest BCUT2D eigenvalue weighted by Crippen LogP contribution is -2.35. The lowest BCUT2D eigenvalue weighted by Gasteiger charge is -2.37. The van der Waals surface area contributed by atoms with Gasteiger partial charge in [-0.2, -0.15) is 0 Å². The topological polar surface area (TPSA) is 67.3 Å². The number of hydrogen-bond acceptors (Lipinski definition) is 4. The number of hydrogen-bond donors (Lipinski definition) is 1. The van der Waals surface area contributed by atoms with E-state index in [1.165, 1.54) is 11.8 Å². The van der Waals surface area contributed by atoms with Crippen molar-refractivity contribution in [3.63, 3.8) is 0 Å². The average molecular weight is 305 g/mol. The summed E-state index contributed by atoms with van der Waals surface area (Å²) in [6, 6.07) is 3.16. The van der Waals surface area contributed by atoms with Crippen LogP contribution in [0.1, 0.15) is 44.0 Å². The quantitative estimate of drug-likeness (QED) is 0.928. The van der Waals surface area contributed by atoms with Crippen LogP contribution in [-0.4, -0.2) is 27.1 Å². The van der Waals surface area contributed by atoms with Gasteiger partial charge in [-0.05, 0) is 35.8 Å². The second-order valence-corrected chi connectivity index (χ2v) is 7.89. The Bertz CT molecular complexity index is 628. The summed E-state index contributed by atoms with van der Waals surface area (Å²) in [7, 11) is 0. The van der Waals surface area contributed by atoms with Gasteiger partial charge in [0.1, 0.15) is 10.8 Å². The zero-order valence-corrected chi connectivity index (χ0v) is 13.2. The highest BCUT2D eigenvalue weighted by Gasteiger charge is 2.66. The van der Waals surface area contributed by atoms with Crippen LogP contribution in [0.3, 0.4) is 0 Å². The summed E-state index contributed by atoms with van der Waals surface area (Å²) < 4.78 is 0. The van der Waals surface area contributed by atoms with E-state index in [4.69, 9.17) is 0 Å². The highest BCUT2D eigenvalue weighted by molar-refractivity contribution is 8.00. The van der Waals surface area contributed by atoms with Gasteiger partial charge in [0.25, 0.3) is 0 Å². The number of carboxylic acid groups (broad SMARTS) is 1. The molecular weight excluding hydrogens is 286 g/mol. The van der Waals surface area contributed by atoms with Crippen LogP contribution in [0.25, 0.3) is 0 Å². The first-order valence-electron chi connectivity index (χ1n) is 7.18. The molecule has 3 rings (SSSR count). The fraction of sp³-hybridized carbons (Fsp3) is 0.562. The number of nitrogens with zero attached hydrogens (tertiary/aromatic N) is 1. The van der Waals surface area contributed by atoms with Crippen molar-refractivity contribution in [3.05, 3.63) is 23.9 Å². The third kappa shape index (κ3) is 1.86. The van der Waals surface area contributed by atoms with Gasteiger partial charge in [0.05, 0.1) is 10.8 Å². The number of rotatable bonds is 3. The zero-order chi connectivity index (χ0) is 15.4. The highest BCUT2D eigenvalue weighted by atomic mass is 32.2. The molecule has 3 atom stereocenters. The van der Waals surface area contributed by atoms with Crippen molar-refractivity contribution in [2.24, 2.45) is 16.7 Å². The molecule has 5 heteroatoms. The van der Waals surface area contributed by atoms with Gasteiger partial charge in [-0.1, -0.05) is 32.5 Å². The Balaban J connectivity index is 1.97. The van der Waals surface area contributed by atoms with Crippen molar-refractivity contribution in [2.45, 2.75) is 43.9 Å². The fourth-order valence-corrected chi connectivity index (χ4v) is 5.53. The predicted octanol–water partition coefficient (Wildman–Crippen LogP) is 3.27. The van der Waals surface area contributed by atoms with E-state index in [-0.39, 0.29) is 33.3 Å². The van der Waals surface area contributed by atoms with Gasteiger partial charge in [0.2, 0.25) is 0 Å². The SMILES string of the molecule is CC1(C)[C@H]2CC[C@]1(C)[C@H](Sc1ncccc1C(=O)O)C2=O. The van der Waals surface area contributed by atoms with Gasteiger partial charge in [-0.15, -0.1) is 0 Å². The monoisotopic (exact) mass is 305 g/mol. The molecule has 0 unspecified atom stereocenters. The van der Waals surface area contributed by atoms with E-state index in [0.717, 1.165) is 12.8 Å². The van der Waals surface area contributed by atoms with E-state index in [1.54, 1.807) is 18.3 Å². The first-order chi connectivity index (χ1) is 9.79. The first kappa shape index (κ1) is 14.6. The molecule has 1 heterocycles. The van der Waals surface area contributed by atoms with Crippen LogP contribution < -0.4 is 0 Å². The van der Waals surface area contributed by atoms with Crippen molar-refractivity contribution >= 4 is 23.5 Å². The van der Waals surface area contributed by atoms with Gasteiger partial charge < -0.3 is 5.11 Å². The summed E-state index contributed by atoms with van der Waals surface area (Å²) in [4.78, 5) is 28.2. The standard InChI is InChI=1S/C16H19NO3S/c1-15(2)10-6-7-16(15,3)12(11(10)18)21-13-9(14(19)20)5-4-8-17-13/h4-5,8,10,12H,6-7H2,1-3H3,(H,19,20)/t10-,12+,16+/m0/s1. The van der Waals surface area contributed by atoms with E-state index >= 15 is 0 Å². The minimum absolute atomic E-state index is 0.0279.